The zero-order valence-corrected chi connectivity index (χ0v) is 16.9. The van der Waals surface area contributed by atoms with Crippen LogP contribution in [0.1, 0.15) is 45.7 Å². The third-order valence-electron chi connectivity index (χ3n) is 4.35. The number of rotatable bonds is 3. The van der Waals surface area contributed by atoms with E-state index in [0.717, 1.165) is 5.57 Å². The van der Waals surface area contributed by atoms with Crippen molar-refractivity contribution in [3.63, 3.8) is 0 Å². The Morgan fingerprint density at radius 1 is 1.14 bits per heavy atom. The second-order valence-corrected chi connectivity index (χ2v) is 8.04. The summed E-state index contributed by atoms with van der Waals surface area (Å²) in [6.45, 7) is 9.97. The molecular weight excluding hydrogens is 352 g/mol. The van der Waals surface area contributed by atoms with Crippen molar-refractivity contribution in [1.29, 1.82) is 5.26 Å². The molecule has 2 rings (SSSR count). The lowest BCUT2D eigenvalue weighted by atomic mass is 9.85. The highest BCUT2D eigenvalue weighted by molar-refractivity contribution is 5.52. The van der Waals surface area contributed by atoms with Crippen molar-refractivity contribution in [3.8, 4) is 6.07 Å². The molecule has 146 valence electrons. The second kappa shape index (κ2) is 8.13. The minimum absolute atomic E-state index is 0.0853. The summed E-state index contributed by atoms with van der Waals surface area (Å²) < 4.78 is 0. The monoisotopic (exact) mass is 378 g/mol. The van der Waals surface area contributed by atoms with E-state index in [1.807, 2.05) is 40.7 Å². The van der Waals surface area contributed by atoms with Gasteiger partial charge in [-0.05, 0) is 41.3 Å². The number of nitrogens with two attached hydrogens (primary N) is 1. The van der Waals surface area contributed by atoms with E-state index in [0.29, 0.717) is 16.8 Å². The predicted octanol–water partition coefficient (Wildman–Crippen LogP) is 1.46. The van der Waals surface area contributed by atoms with Crippen molar-refractivity contribution in [2.24, 2.45) is 17.1 Å². The lowest BCUT2D eigenvalue weighted by Gasteiger charge is -2.24. The summed E-state index contributed by atoms with van der Waals surface area (Å²) in [6.07, 6.45) is 3.18. The molecule has 0 bridgehead atoms. The second-order valence-electron chi connectivity index (χ2n) is 8.04. The number of nitrogens with one attached hydrogen (secondary N) is 2. The highest BCUT2D eigenvalue weighted by atomic mass is 16.1. The molecule has 1 aromatic carbocycles. The fourth-order valence-corrected chi connectivity index (χ4v) is 2.70. The van der Waals surface area contributed by atoms with Crippen molar-refractivity contribution < 1.29 is 0 Å². The molecule has 0 aliphatic rings. The van der Waals surface area contributed by atoms with Gasteiger partial charge in [-0.3, -0.25) is 9.59 Å². The average Bonchev–Trinajstić information content (AvgIpc) is 2.61. The van der Waals surface area contributed by atoms with Crippen LogP contribution in [0.25, 0.3) is 12.2 Å². The third-order valence-corrected chi connectivity index (χ3v) is 4.35. The maximum atomic E-state index is 12.5. The van der Waals surface area contributed by atoms with Crippen LogP contribution < -0.4 is 27.6 Å². The molecule has 4 N–H and O–H groups in total. The zero-order valence-electron chi connectivity index (χ0n) is 16.9. The van der Waals surface area contributed by atoms with Crippen LogP contribution >= 0.6 is 0 Å². The Balaban J connectivity index is 2.68. The summed E-state index contributed by atoms with van der Waals surface area (Å²) >= 11 is 0. The molecule has 6 nitrogen and oxygen atoms in total. The van der Waals surface area contributed by atoms with E-state index in [9.17, 15) is 9.59 Å². The van der Waals surface area contributed by atoms with E-state index >= 15 is 0 Å². The van der Waals surface area contributed by atoms with E-state index in [1.54, 1.807) is 30.3 Å². The maximum absolute atomic E-state index is 12.5. The quantitative estimate of drug-likeness (QED) is 0.750. The number of nitriles is 1. The average molecular weight is 378 g/mol. The largest absolute Gasteiger partial charge is 0.401 e. The Labute approximate surface area is 163 Å². The molecule has 0 spiro atoms. The first-order chi connectivity index (χ1) is 13.0. The van der Waals surface area contributed by atoms with Gasteiger partial charge in [-0.1, -0.05) is 46.8 Å². The molecule has 1 heterocycles. The molecule has 0 saturated carbocycles. The van der Waals surface area contributed by atoms with Crippen LogP contribution in [-0.2, 0) is 0 Å². The first-order valence-electron chi connectivity index (χ1n) is 9.09. The highest BCUT2D eigenvalue weighted by Gasteiger charge is 2.19. The molecule has 1 aromatic heterocycles. The molecule has 0 saturated heterocycles. The van der Waals surface area contributed by atoms with Crippen LogP contribution in [0.2, 0.25) is 0 Å². The van der Waals surface area contributed by atoms with Gasteiger partial charge in [0.15, 0.2) is 0 Å². The number of benzene rings is 1. The number of aromatic amines is 2. The molecule has 0 atom stereocenters. The van der Waals surface area contributed by atoms with E-state index in [2.05, 4.69) is 9.97 Å². The number of nitrogens with zero attached hydrogens (tertiary/aromatic N) is 1. The summed E-state index contributed by atoms with van der Waals surface area (Å²) in [6, 6.07) is 8.82. The summed E-state index contributed by atoms with van der Waals surface area (Å²) in [7, 11) is 0. The normalized spacial score (nSPS) is 14.2. The van der Waals surface area contributed by atoms with E-state index < -0.39 is 11.1 Å². The predicted molar refractivity (Wildman–Crippen MR) is 112 cm³/mol. The number of hydrogen-bond acceptors (Lipinski definition) is 4. The lowest BCUT2D eigenvalue weighted by molar-refractivity contribution is 0.487. The topological polar surface area (TPSA) is 116 Å². The third kappa shape index (κ3) is 4.89. The van der Waals surface area contributed by atoms with E-state index in [-0.39, 0.29) is 22.0 Å². The van der Waals surface area contributed by atoms with Crippen LogP contribution in [0.4, 0.5) is 0 Å². The van der Waals surface area contributed by atoms with Gasteiger partial charge < -0.3 is 15.7 Å². The van der Waals surface area contributed by atoms with Crippen molar-refractivity contribution in [2.75, 3.05) is 0 Å². The maximum Gasteiger partial charge on any atom is 0.272 e. The van der Waals surface area contributed by atoms with Gasteiger partial charge in [0.05, 0.1) is 11.6 Å². The molecule has 0 fully saturated rings. The van der Waals surface area contributed by atoms with Crippen LogP contribution in [0.5, 0.6) is 0 Å². The van der Waals surface area contributed by atoms with Gasteiger partial charge in [-0.25, -0.2) is 0 Å². The molecule has 0 amide bonds. The van der Waals surface area contributed by atoms with Gasteiger partial charge in [-0.2, -0.15) is 5.26 Å². The van der Waals surface area contributed by atoms with Crippen molar-refractivity contribution in [1.82, 2.24) is 9.97 Å². The Kier molecular flexibility index (Phi) is 6.09. The lowest BCUT2D eigenvalue weighted by Crippen LogP contribution is -2.47. The SMILES string of the molecule is CC(C)C(/C=c1\[nH]c(=O)/c(=C/c2cccc(C#N)c2)[nH]c1=O)=C(\N)C(C)(C)C. The minimum Gasteiger partial charge on any atom is -0.401 e. The number of allylic oxidation sites excluding steroid dienone is 2. The summed E-state index contributed by atoms with van der Waals surface area (Å²) in [5, 5.41) is 9.26. The van der Waals surface area contributed by atoms with Gasteiger partial charge in [0, 0.05) is 11.1 Å². The van der Waals surface area contributed by atoms with Crippen molar-refractivity contribution in [3.05, 3.63) is 78.1 Å². The Morgan fingerprint density at radius 3 is 2.32 bits per heavy atom. The number of aromatic nitrogens is 2. The molecule has 0 radical (unpaired) electrons. The number of hydrogen-bond donors (Lipinski definition) is 3. The van der Waals surface area contributed by atoms with Gasteiger partial charge in [0.2, 0.25) is 0 Å². The summed E-state index contributed by atoms with van der Waals surface area (Å²) in [5.41, 5.74) is 7.81. The molecule has 0 aliphatic heterocycles. The van der Waals surface area contributed by atoms with Crippen LogP contribution in [0.15, 0.2) is 45.1 Å². The van der Waals surface area contributed by atoms with E-state index in [1.165, 1.54) is 6.08 Å². The summed E-state index contributed by atoms with van der Waals surface area (Å²) in [4.78, 5) is 30.3. The molecule has 0 aliphatic carbocycles. The highest BCUT2D eigenvalue weighted by Crippen LogP contribution is 2.27. The van der Waals surface area contributed by atoms with Gasteiger partial charge in [-0.15, -0.1) is 0 Å². The molecule has 28 heavy (non-hydrogen) atoms. The fraction of sp³-hybridized carbons (Fsp3) is 0.318. The minimum atomic E-state index is -0.425. The molecule has 0 unspecified atom stereocenters. The molecule has 6 heteroatoms. The Bertz CT molecular complexity index is 1180. The van der Waals surface area contributed by atoms with E-state index in [4.69, 9.17) is 11.0 Å². The molecular formula is C22H26N4O2. The fourth-order valence-electron chi connectivity index (χ4n) is 2.70. The molecule has 2 aromatic rings. The van der Waals surface area contributed by atoms with Crippen molar-refractivity contribution >= 4 is 12.2 Å². The Hall–Kier alpha value is -3.33. The van der Waals surface area contributed by atoms with Crippen LogP contribution in [0, 0.1) is 22.7 Å². The van der Waals surface area contributed by atoms with Crippen LogP contribution in [0.3, 0.4) is 0 Å². The first-order valence-corrected chi connectivity index (χ1v) is 9.09. The van der Waals surface area contributed by atoms with Crippen molar-refractivity contribution in [2.45, 2.75) is 34.6 Å². The zero-order chi connectivity index (χ0) is 21.1. The smallest absolute Gasteiger partial charge is 0.272 e. The Morgan fingerprint density at radius 2 is 1.75 bits per heavy atom. The van der Waals surface area contributed by atoms with Gasteiger partial charge in [0.1, 0.15) is 10.7 Å². The summed E-state index contributed by atoms with van der Waals surface area (Å²) in [5.74, 6) is 0.0853. The van der Waals surface area contributed by atoms with Gasteiger partial charge in [0.25, 0.3) is 11.1 Å². The first kappa shape index (κ1) is 21.0. The van der Waals surface area contributed by atoms with Crippen LogP contribution in [-0.4, -0.2) is 9.97 Å². The number of H-pyrrole nitrogens is 2. The standard InChI is InChI=1S/C22H26N4O2/c1-13(2)16(19(24)22(3,4)5)11-18-21(28)25-17(20(27)26-18)10-14-7-6-8-15(9-14)12-23/h6-11,13H,24H2,1-5H3,(H,25,28)(H,26,27)/b17-10-,18-11-,19-16-. The van der Waals surface area contributed by atoms with Gasteiger partial charge >= 0.3 is 0 Å².